The summed E-state index contributed by atoms with van der Waals surface area (Å²) in [6, 6.07) is 7.91. The van der Waals surface area contributed by atoms with Crippen LogP contribution in [0.3, 0.4) is 0 Å². The zero-order valence-corrected chi connectivity index (χ0v) is 9.83. The lowest BCUT2D eigenvalue weighted by Crippen LogP contribution is -1.99. The van der Waals surface area contributed by atoms with Gasteiger partial charge < -0.3 is 10.5 Å². The van der Waals surface area contributed by atoms with Crippen LogP contribution in [0.1, 0.15) is 31.7 Å². The molecule has 0 radical (unpaired) electrons. The Bertz CT molecular complexity index is 362. The van der Waals surface area contributed by atoms with Crippen LogP contribution >= 0.6 is 0 Å². The van der Waals surface area contributed by atoms with Gasteiger partial charge in [0.1, 0.15) is 5.75 Å². The minimum Gasteiger partial charge on any atom is -0.494 e. The molecule has 0 aliphatic carbocycles. The molecule has 86 valence electrons. The van der Waals surface area contributed by atoms with Crippen LogP contribution in [0.2, 0.25) is 0 Å². The van der Waals surface area contributed by atoms with Gasteiger partial charge in [0.15, 0.2) is 0 Å². The predicted octanol–water partition coefficient (Wildman–Crippen LogP) is 2.72. The first-order valence-electron chi connectivity index (χ1n) is 5.74. The maximum absolute atomic E-state index is 5.61. The Labute approximate surface area is 97.8 Å². The van der Waals surface area contributed by atoms with Crippen molar-refractivity contribution in [3.8, 4) is 17.6 Å². The predicted molar refractivity (Wildman–Crippen MR) is 67.1 cm³/mol. The normalized spacial score (nSPS) is 9.38. The van der Waals surface area contributed by atoms with E-state index >= 15 is 0 Å². The van der Waals surface area contributed by atoms with Crippen LogP contribution in [-0.4, -0.2) is 6.61 Å². The van der Waals surface area contributed by atoms with Crippen LogP contribution in [0.25, 0.3) is 0 Å². The largest absolute Gasteiger partial charge is 0.494 e. The Morgan fingerprint density at radius 3 is 2.94 bits per heavy atom. The number of unbranched alkanes of at least 4 members (excludes halogenated alkanes) is 1. The molecule has 2 heteroatoms. The van der Waals surface area contributed by atoms with E-state index in [2.05, 4.69) is 18.8 Å². The van der Waals surface area contributed by atoms with Crippen molar-refractivity contribution in [2.24, 2.45) is 5.73 Å². The van der Waals surface area contributed by atoms with Gasteiger partial charge in [-0.25, -0.2) is 0 Å². The monoisotopic (exact) mass is 217 g/mol. The van der Waals surface area contributed by atoms with Crippen LogP contribution in [0.15, 0.2) is 24.3 Å². The molecule has 0 saturated carbocycles. The third kappa shape index (κ3) is 4.86. The number of ether oxygens (including phenoxy) is 1. The molecule has 0 saturated heterocycles. The molecule has 0 atom stereocenters. The minimum atomic E-state index is 0.555. The summed E-state index contributed by atoms with van der Waals surface area (Å²) in [6.45, 7) is 3.33. The summed E-state index contributed by atoms with van der Waals surface area (Å²) in [5.74, 6) is 7.03. The first-order valence-corrected chi connectivity index (χ1v) is 5.74. The lowest BCUT2D eigenvalue weighted by atomic mass is 10.2. The summed E-state index contributed by atoms with van der Waals surface area (Å²) in [5.41, 5.74) is 6.65. The van der Waals surface area contributed by atoms with E-state index in [-0.39, 0.29) is 0 Å². The molecule has 0 bridgehead atoms. The molecule has 2 nitrogen and oxygen atoms in total. The van der Waals surface area contributed by atoms with Gasteiger partial charge in [0.05, 0.1) is 6.61 Å². The van der Waals surface area contributed by atoms with Crippen molar-refractivity contribution in [1.29, 1.82) is 0 Å². The van der Waals surface area contributed by atoms with Crippen molar-refractivity contribution in [3.63, 3.8) is 0 Å². The third-order valence-electron chi connectivity index (χ3n) is 2.15. The molecule has 16 heavy (non-hydrogen) atoms. The average molecular weight is 217 g/mol. The van der Waals surface area contributed by atoms with Crippen LogP contribution in [-0.2, 0) is 6.54 Å². The molecule has 0 heterocycles. The highest BCUT2D eigenvalue weighted by Gasteiger charge is 1.94. The van der Waals surface area contributed by atoms with Gasteiger partial charge in [-0.05, 0) is 24.1 Å². The van der Waals surface area contributed by atoms with E-state index in [1.54, 1.807) is 0 Å². The molecule has 0 spiro atoms. The van der Waals surface area contributed by atoms with Crippen LogP contribution in [0.5, 0.6) is 5.75 Å². The van der Waals surface area contributed by atoms with Gasteiger partial charge >= 0.3 is 0 Å². The lowest BCUT2D eigenvalue weighted by molar-refractivity contribution is 0.312. The summed E-state index contributed by atoms with van der Waals surface area (Å²) in [4.78, 5) is 0. The number of benzene rings is 1. The van der Waals surface area contributed by atoms with Gasteiger partial charge in [-0.15, -0.1) is 11.8 Å². The van der Waals surface area contributed by atoms with E-state index in [0.29, 0.717) is 13.2 Å². The highest BCUT2D eigenvalue weighted by atomic mass is 16.5. The first kappa shape index (κ1) is 12.6. The Morgan fingerprint density at radius 2 is 2.19 bits per heavy atom. The van der Waals surface area contributed by atoms with E-state index in [1.165, 1.54) is 0 Å². The molecule has 0 aliphatic rings. The second-order valence-corrected chi connectivity index (χ2v) is 3.51. The molecule has 0 amide bonds. The van der Waals surface area contributed by atoms with E-state index < -0.39 is 0 Å². The fourth-order valence-electron chi connectivity index (χ4n) is 1.33. The molecule has 2 N–H and O–H groups in total. The van der Waals surface area contributed by atoms with Crippen molar-refractivity contribution in [1.82, 2.24) is 0 Å². The van der Waals surface area contributed by atoms with Crippen molar-refractivity contribution in [3.05, 3.63) is 29.8 Å². The standard InChI is InChI=1S/C14H19NO/c1-2-3-4-5-6-10-16-14-9-7-8-13(11-14)12-15/h7-9,11H,2,5-6,10,12,15H2,1H3. The van der Waals surface area contributed by atoms with Crippen LogP contribution in [0, 0.1) is 11.8 Å². The molecule has 1 aromatic carbocycles. The van der Waals surface area contributed by atoms with Crippen molar-refractivity contribution < 1.29 is 4.74 Å². The van der Waals surface area contributed by atoms with Crippen molar-refractivity contribution >= 4 is 0 Å². The first-order chi connectivity index (χ1) is 7.86. The summed E-state index contributed by atoms with van der Waals surface area (Å²) in [7, 11) is 0. The van der Waals surface area contributed by atoms with Gasteiger partial charge in [0.2, 0.25) is 0 Å². The van der Waals surface area contributed by atoms with Crippen molar-refractivity contribution in [2.45, 2.75) is 32.7 Å². The third-order valence-corrected chi connectivity index (χ3v) is 2.15. The van der Waals surface area contributed by atoms with Gasteiger partial charge in [-0.3, -0.25) is 0 Å². The number of hydrogen-bond acceptors (Lipinski definition) is 2. The summed E-state index contributed by atoms with van der Waals surface area (Å²) < 4.78 is 5.61. The molecule has 0 aliphatic heterocycles. The quantitative estimate of drug-likeness (QED) is 0.608. The van der Waals surface area contributed by atoms with E-state index in [0.717, 1.165) is 30.6 Å². The Morgan fingerprint density at radius 1 is 1.31 bits per heavy atom. The van der Waals surface area contributed by atoms with Crippen LogP contribution in [0.4, 0.5) is 0 Å². The SMILES string of the molecule is CCC#CCCCOc1cccc(CN)c1. The van der Waals surface area contributed by atoms with Gasteiger partial charge in [-0.2, -0.15) is 0 Å². The van der Waals surface area contributed by atoms with Crippen LogP contribution < -0.4 is 10.5 Å². The second kappa shape index (κ2) is 7.78. The van der Waals surface area contributed by atoms with Crippen molar-refractivity contribution in [2.75, 3.05) is 6.61 Å². The van der Waals surface area contributed by atoms with Gasteiger partial charge in [0, 0.05) is 19.4 Å². The summed E-state index contributed by atoms with van der Waals surface area (Å²) >= 11 is 0. The number of nitrogens with two attached hydrogens (primary N) is 1. The average Bonchev–Trinajstić information content (AvgIpc) is 2.34. The van der Waals surface area contributed by atoms with E-state index in [9.17, 15) is 0 Å². The van der Waals surface area contributed by atoms with Gasteiger partial charge in [0.25, 0.3) is 0 Å². The van der Waals surface area contributed by atoms with E-state index in [1.807, 2.05) is 24.3 Å². The van der Waals surface area contributed by atoms with Gasteiger partial charge in [-0.1, -0.05) is 19.1 Å². The Balaban J connectivity index is 2.26. The molecular formula is C14H19NO. The smallest absolute Gasteiger partial charge is 0.119 e. The summed E-state index contributed by atoms with van der Waals surface area (Å²) in [5, 5.41) is 0. The summed E-state index contributed by atoms with van der Waals surface area (Å²) in [6.07, 6.45) is 2.81. The zero-order chi connectivity index (χ0) is 11.6. The molecule has 1 aromatic rings. The molecule has 0 aromatic heterocycles. The Kier molecular flexibility index (Phi) is 6.13. The maximum atomic E-state index is 5.61. The highest BCUT2D eigenvalue weighted by Crippen LogP contribution is 2.13. The number of rotatable bonds is 5. The van der Waals surface area contributed by atoms with E-state index in [4.69, 9.17) is 10.5 Å². The lowest BCUT2D eigenvalue weighted by Gasteiger charge is -2.05. The second-order valence-electron chi connectivity index (χ2n) is 3.51. The fourth-order valence-corrected chi connectivity index (χ4v) is 1.33. The topological polar surface area (TPSA) is 35.2 Å². The highest BCUT2D eigenvalue weighted by molar-refractivity contribution is 5.28. The molecule has 0 fully saturated rings. The minimum absolute atomic E-state index is 0.555. The Hall–Kier alpha value is -1.46. The zero-order valence-electron chi connectivity index (χ0n) is 9.83. The fraction of sp³-hybridized carbons (Fsp3) is 0.429. The molecular weight excluding hydrogens is 198 g/mol. The molecule has 1 rings (SSSR count). The molecule has 0 unspecified atom stereocenters. The maximum Gasteiger partial charge on any atom is 0.119 e. The number of hydrogen-bond donors (Lipinski definition) is 1.